The first-order valence-electron chi connectivity index (χ1n) is 4.14. The zero-order valence-corrected chi connectivity index (χ0v) is 7.19. The van der Waals surface area contributed by atoms with Gasteiger partial charge in [0.1, 0.15) is 6.10 Å². The van der Waals surface area contributed by atoms with Crippen molar-refractivity contribution in [2.24, 2.45) is 0 Å². The molecule has 1 atom stereocenters. The summed E-state index contributed by atoms with van der Waals surface area (Å²) in [4.78, 5) is 0. The molecular weight excluding hydrogens is 162 g/mol. The van der Waals surface area contributed by atoms with Crippen LogP contribution in [0.2, 0.25) is 0 Å². The Bertz CT molecular complexity index is 158. The molecule has 1 unspecified atom stereocenters. The maximum absolute atomic E-state index is 11.5. The Balaban J connectivity index is 3.47. The van der Waals surface area contributed by atoms with Crippen molar-refractivity contribution in [2.45, 2.75) is 45.1 Å². The van der Waals surface area contributed by atoms with Crippen molar-refractivity contribution in [2.75, 3.05) is 0 Å². The summed E-state index contributed by atoms with van der Waals surface area (Å²) in [6, 6.07) is 0. The summed E-state index contributed by atoms with van der Waals surface area (Å²) >= 11 is 0. The Morgan fingerprint density at radius 1 is 1.25 bits per heavy atom. The van der Waals surface area contributed by atoms with Crippen LogP contribution in [0.3, 0.4) is 0 Å². The maximum atomic E-state index is 11.5. The third-order valence-electron chi connectivity index (χ3n) is 1.44. The Morgan fingerprint density at radius 3 is 2.42 bits per heavy atom. The Hall–Kier alpha value is -0.620. The van der Waals surface area contributed by atoms with Crippen molar-refractivity contribution >= 4 is 0 Å². The number of hydrogen-bond acceptors (Lipinski definition) is 1. The molecular formula is C9H14F2O. The highest BCUT2D eigenvalue weighted by Gasteiger charge is 1.99. The zero-order valence-electron chi connectivity index (χ0n) is 7.19. The average molecular weight is 176 g/mol. The predicted octanol–water partition coefficient (Wildman–Crippen LogP) is 2.20. The summed E-state index contributed by atoms with van der Waals surface area (Å²) in [5, 5.41) is 9.02. The lowest BCUT2D eigenvalue weighted by Gasteiger charge is -2.00. The van der Waals surface area contributed by atoms with Crippen LogP contribution < -0.4 is 0 Å². The molecule has 0 fully saturated rings. The fraction of sp³-hybridized carbons (Fsp3) is 0.778. The van der Waals surface area contributed by atoms with Crippen molar-refractivity contribution in [1.82, 2.24) is 0 Å². The largest absolute Gasteiger partial charge is 0.380 e. The number of aliphatic hydroxyl groups excluding tert-OH is 1. The quantitative estimate of drug-likeness (QED) is 0.514. The molecule has 0 heterocycles. The van der Waals surface area contributed by atoms with E-state index in [4.69, 9.17) is 5.11 Å². The van der Waals surface area contributed by atoms with Gasteiger partial charge in [-0.25, -0.2) is 0 Å². The van der Waals surface area contributed by atoms with Gasteiger partial charge in [-0.1, -0.05) is 25.7 Å². The molecule has 0 amide bonds. The second-order valence-corrected chi connectivity index (χ2v) is 2.60. The molecule has 0 saturated heterocycles. The van der Waals surface area contributed by atoms with Crippen LogP contribution in [-0.4, -0.2) is 17.6 Å². The maximum Gasteiger partial charge on any atom is 0.298 e. The van der Waals surface area contributed by atoms with Crippen molar-refractivity contribution in [3.8, 4) is 11.8 Å². The molecule has 0 radical (unpaired) electrons. The molecule has 0 aliphatic carbocycles. The lowest BCUT2D eigenvalue weighted by molar-refractivity contribution is 0.205. The van der Waals surface area contributed by atoms with Gasteiger partial charge in [0.15, 0.2) is 0 Å². The van der Waals surface area contributed by atoms with E-state index in [1.54, 1.807) is 5.92 Å². The van der Waals surface area contributed by atoms with E-state index < -0.39 is 12.5 Å². The van der Waals surface area contributed by atoms with Gasteiger partial charge >= 0.3 is 0 Å². The molecule has 3 heteroatoms. The van der Waals surface area contributed by atoms with Crippen LogP contribution in [0.15, 0.2) is 0 Å². The van der Waals surface area contributed by atoms with E-state index in [1.807, 2.05) is 6.92 Å². The van der Waals surface area contributed by atoms with Crippen molar-refractivity contribution in [3.05, 3.63) is 0 Å². The Labute approximate surface area is 71.8 Å². The molecule has 0 aromatic heterocycles. The highest BCUT2D eigenvalue weighted by molar-refractivity contribution is 5.06. The lowest BCUT2D eigenvalue weighted by atomic mass is 10.1. The van der Waals surface area contributed by atoms with Gasteiger partial charge in [-0.15, -0.1) is 0 Å². The summed E-state index contributed by atoms with van der Waals surface area (Å²) in [5.74, 6) is 3.74. The molecule has 0 aliphatic rings. The minimum atomic E-state index is -2.63. The molecule has 1 nitrogen and oxygen atoms in total. The van der Waals surface area contributed by atoms with Crippen molar-refractivity contribution in [3.63, 3.8) is 0 Å². The van der Waals surface area contributed by atoms with Gasteiger partial charge < -0.3 is 5.11 Å². The van der Waals surface area contributed by atoms with E-state index in [-0.39, 0.29) is 0 Å². The van der Waals surface area contributed by atoms with Crippen LogP contribution in [0.5, 0.6) is 0 Å². The van der Waals surface area contributed by atoms with Crippen LogP contribution in [0.4, 0.5) is 8.78 Å². The molecule has 1 N–H and O–H groups in total. The number of rotatable bonds is 4. The second-order valence-electron chi connectivity index (χ2n) is 2.60. The van der Waals surface area contributed by atoms with E-state index in [2.05, 4.69) is 5.92 Å². The minimum Gasteiger partial charge on any atom is -0.380 e. The first kappa shape index (κ1) is 11.4. The summed E-state index contributed by atoms with van der Waals surface area (Å²) in [6.45, 7) is 2.04. The van der Waals surface area contributed by atoms with Gasteiger partial charge in [-0.05, 0) is 18.8 Å². The fourth-order valence-corrected chi connectivity index (χ4v) is 0.819. The van der Waals surface area contributed by atoms with E-state index in [9.17, 15) is 8.78 Å². The Morgan fingerprint density at radius 2 is 1.92 bits per heavy atom. The number of aliphatic hydroxyl groups is 1. The normalized spacial score (nSPS) is 12.4. The third-order valence-corrected chi connectivity index (χ3v) is 1.44. The monoisotopic (exact) mass is 176 g/mol. The second kappa shape index (κ2) is 7.05. The van der Waals surface area contributed by atoms with Gasteiger partial charge in [0.25, 0.3) is 6.43 Å². The summed E-state index contributed by atoms with van der Waals surface area (Å²) in [7, 11) is 0. The average Bonchev–Trinajstić information content (AvgIpc) is 2.01. The standard InChI is InChI=1S/C9H14F2O/c1-2-3-4-5-8(12)6-7-9(10)11/h8-9,12H,2-5H2,1H3. The van der Waals surface area contributed by atoms with Gasteiger partial charge in [0.05, 0.1) is 0 Å². The number of hydrogen-bond donors (Lipinski definition) is 1. The molecule has 0 bridgehead atoms. The van der Waals surface area contributed by atoms with Crippen LogP contribution in [0.25, 0.3) is 0 Å². The van der Waals surface area contributed by atoms with Crippen LogP contribution >= 0.6 is 0 Å². The third kappa shape index (κ3) is 7.49. The predicted molar refractivity (Wildman–Crippen MR) is 43.9 cm³/mol. The van der Waals surface area contributed by atoms with E-state index >= 15 is 0 Å². The number of halogens is 2. The molecule has 0 spiro atoms. The Kier molecular flexibility index (Phi) is 6.69. The van der Waals surface area contributed by atoms with Gasteiger partial charge in [-0.3, -0.25) is 0 Å². The number of unbranched alkanes of at least 4 members (excludes halogenated alkanes) is 2. The molecule has 70 valence electrons. The summed E-state index contributed by atoms with van der Waals surface area (Å²) in [5.41, 5.74) is 0. The molecule has 0 saturated carbocycles. The van der Waals surface area contributed by atoms with Gasteiger partial charge in [-0.2, -0.15) is 8.78 Å². The smallest absolute Gasteiger partial charge is 0.298 e. The van der Waals surface area contributed by atoms with Crippen molar-refractivity contribution in [1.29, 1.82) is 0 Å². The number of alkyl halides is 2. The fourth-order valence-electron chi connectivity index (χ4n) is 0.819. The van der Waals surface area contributed by atoms with E-state index in [0.29, 0.717) is 6.42 Å². The highest BCUT2D eigenvalue weighted by atomic mass is 19.3. The molecule has 12 heavy (non-hydrogen) atoms. The first-order valence-corrected chi connectivity index (χ1v) is 4.14. The van der Waals surface area contributed by atoms with E-state index in [1.165, 1.54) is 0 Å². The SMILES string of the molecule is CCCCCC(O)C#CC(F)F. The van der Waals surface area contributed by atoms with Crippen LogP contribution in [0.1, 0.15) is 32.6 Å². The molecule has 0 aromatic carbocycles. The van der Waals surface area contributed by atoms with E-state index in [0.717, 1.165) is 19.3 Å². The highest BCUT2D eigenvalue weighted by Crippen LogP contribution is 2.02. The summed E-state index contributed by atoms with van der Waals surface area (Å²) in [6.07, 6.45) is -0.123. The molecule has 0 rings (SSSR count). The minimum absolute atomic E-state index is 0.494. The topological polar surface area (TPSA) is 20.2 Å². The summed E-state index contributed by atoms with van der Waals surface area (Å²) < 4.78 is 23.0. The van der Waals surface area contributed by atoms with Crippen molar-refractivity contribution < 1.29 is 13.9 Å². The molecule has 0 aliphatic heterocycles. The van der Waals surface area contributed by atoms with Crippen LogP contribution in [-0.2, 0) is 0 Å². The zero-order chi connectivity index (χ0) is 9.40. The first-order chi connectivity index (χ1) is 5.66. The van der Waals surface area contributed by atoms with Crippen LogP contribution in [0, 0.1) is 11.8 Å². The lowest BCUT2D eigenvalue weighted by Crippen LogP contribution is -2.02. The van der Waals surface area contributed by atoms with Gasteiger partial charge in [0.2, 0.25) is 0 Å². The molecule has 0 aromatic rings. The van der Waals surface area contributed by atoms with Gasteiger partial charge in [0, 0.05) is 0 Å².